The van der Waals surface area contributed by atoms with E-state index in [4.69, 9.17) is 16.6 Å². The number of nitrogens with one attached hydrogen (secondary N) is 1. The lowest BCUT2D eigenvalue weighted by Gasteiger charge is -1.95. The Balaban J connectivity index is 2.61. The van der Waals surface area contributed by atoms with Crippen LogP contribution in [0.25, 0.3) is 11.1 Å². The summed E-state index contributed by atoms with van der Waals surface area (Å²) in [5.41, 5.74) is 2.04. The number of oxazole rings is 1. The number of halogens is 1. The Kier molecular flexibility index (Phi) is 2.52. The van der Waals surface area contributed by atoms with E-state index in [2.05, 4.69) is 20.9 Å². The minimum atomic E-state index is 0.0224. The van der Waals surface area contributed by atoms with Gasteiger partial charge >= 0.3 is 0 Å². The Labute approximate surface area is 93.2 Å². The van der Waals surface area contributed by atoms with Crippen LogP contribution in [0.2, 0.25) is 0 Å². The summed E-state index contributed by atoms with van der Waals surface area (Å²) in [7, 11) is 0. The standard InChI is InChI=1S/C9H6BrNO2S/c10-4-7(12)5-1-2-6-8(3-5)13-9(14)11-6/h1-3H,4H2,(H,11,14). The van der Waals surface area contributed by atoms with E-state index in [9.17, 15) is 4.79 Å². The topological polar surface area (TPSA) is 46.0 Å². The van der Waals surface area contributed by atoms with E-state index in [0.29, 0.717) is 21.3 Å². The smallest absolute Gasteiger partial charge is 0.266 e. The Morgan fingerprint density at radius 3 is 3.07 bits per heavy atom. The molecule has 1 aromatic heterocycles. The molecule has 2 rings (SSSR count). The van der Waals surface area contributed by atoms with Crippen molar-refractivity contribution in [1.29, 1.82) is 0 Å². The van der Waals surface area contributed by atoms with Crippen LogP contribution in [0.1, 0.15) is 10.4 Å². The molecular weight excluding hydrogens is 266 g/mol. The number of hydrogen-bond acceptors (Lipinski definition) is 3. The van der Waals surface area contributed by atoms with E-state index in [1.54, 1.807) is 18.2 Å². The van der Waals surface area contributed by atoms with Crippen molar-refractivity contribution in [2.24, 2.45) is 0 Å². The van der Waals surface area contributed by atoms with Crippen molar-refractivity contribution in [3.8, 4) is 0 Å². The van der Waals surface area contributed by atoms with Gasteiger partial charge in [0.25, 0.3) is 4.84 Å². The van der Waals surface area contributed by atoms with Gasteiger partial charge in [0, 0.05) is 5.56 Å². The highest BCUT2D eigenvalue weighted by atomic mass is 79.9. The van der Waals surface area contributed by atoms with Gasteiger partial charge in [0.05, 0.1) is 10.8 Å². The van der Waals surface area contributed by atoms with Gasteiger partial charge in [-0.25, -0.2) is 0 Å². The number of Topliss-reactive ketones (excluding diaryl/α,β-unsaturated/α-hetero) is 1. The van der Waals surface area contributed by atoms with Gasteiger partial charge < -0.3 is 9.40 Å². The average molecular weight is 272 g/mol. The van der Waals surface area contributed by atoms with Crippen LogP contribution in [0, 0.1) is 4.84 Å². The second-order valence-corrected chi connectivity index (χ2v) is 3.71. The van der Waals surface area contributed by atoms with Crippen LogP contribution >= 0.6 is 28.1 Å². The molecule has 5 heteroatoms. The van der Waals surface area contributed by atoms with Crippen molar-refractivity contribution >= 4 is 45.0 Å². The summed E-state index contributed by atoms with van der Waals surface area (Å²) in [6.07, 6.45) is 0. The predicted molar refractivity (Wildman–Crippen MR) is 59.5 cm³/mol. The number of ketones is 1. The number of fused-ring (bicyclic) bond motifs is 1. The quantitative estimate of drug-likeness (QED) is 0.519. The average Bonchev–Trinajstić information content (AvgIpc) is 2.55. The molecule has 0 aliphatic carbocycles. The minimum Gasteiger partial charge on any atom is -0.429 e. The summed E-state index contributed by atoms with van der Waals surface area (Å²) >= 11 is 7.95. The molecule has 0 amide bonds. The fourth-order valence-electron chi connectivity index (χ4n) is 1.20. The fourth-order valence-corrected chi connectivity index (χ4v) is 1.72. The van der Waals surface area contributed by atoms with Crippen molar-refractivity contribution in [1.82, 2.24) is 4.98 Å². The lowest BCUT2D eigenvalue weighted by molar-refractivity contribution is 0.102. The van der Waals surface area contributed by atoms with E-state index in [-0.39, 0.29) is 5.78 Å². The van der Waals surface area contributed by atoms with Crippen LogP contribution in [0.4, 0.5) is 0 Å². The first-order valence-corrected chi connectivity index (χ1v) is 5.46. The van der Waals surface area contributed by atoms with Gasteiger partial charge in [0.1, 0.15) is 0 Å². The van der Waals surface area contributed by atoms with Gasteiger partial charge in [-0.05, 0) is 30.4 Å². The first-order chi connectivity index (χ1) is 6.70. The number of H-pyrrole nitrogens is 1. The molecule has 0 aliphatic rings. The third kappa shape index (κ3) is 1.65. The van der Waals surface area contributed by atoms with Gasteiger partial charge in [0.2, 0.25) is 0 Å². The van der Waals surface area contributed by atoms with E-state index < -0.39 is 0 Å². The molecule has 0 unspecified atom stereocenters. The molecule has 0 bridgehead atoms. The van der Waals surface area contributed by atoms with Crippen LogP contribution in [-0.2, 0) is 0 Å². The molecule has 3 nitrogen and oxygen atoms in total. The second-order valence-electron chi connectivity index (χ2n) is 2.78. The highest BCUT2D eigenvalue weighted by Crippen LogP contribution is 2.16. The molecule has 14 heavy (non-hydrogen) atoms. The zero-order valence-electron chi connectivity index (χ0n) is 7.04. The zero-order valence-corrected chi connectivity index (χ0v) is 9.44. The number of carbonyl (C=O) groups is 1. The number of rotatable bonds is 2. The summed E-state index contributed by atoms with van der Waals surface area (Å²) in [5, 5.41) is 0.309. The van der Waals surface area contributed by atoms with E-state index in [0.717, 1.165) is 5.52 Å². The molecule has 1 N–H and O–H groups in total. The van der Waals surface area contributed by atoms with Gasteiger partial charge in [0.15, 0.2) is 11.4 Å². The summed E-state index contributed by atoms with van der Waals surface area (Å²) in [6, 6.07) is 5.21. The summed E-state index contributed by atoms with van der Waals surface area (Å²) < 4.78 is 5.19. The van der Waals surface area contributed by atoms with Crippen LogP contribution < -0.4 is 0 Å². The molecular formula is C9H6BrNO2S. The lowest BCUT2D eigenvalue weighted by atomic mass is 10.1. The Bertz CT molecular complexity index is 543. The molecule has 0 fully saturated rings. The van der Waals surface area contributed by atoms with Crippen LogP contribution in [0.3, 0.4) is 0 Å². The molecule has 1 heterocycles. The third-order valence-electron chi connectivity index (χ3n) is 1.86. The maximum atomic E-state index is 11.3. The molecule has 0 atom stereocenters. The fraction of sp³-hybridized carbons (Fsp3) is 0.111. The van der Waals surface area contributed by atoms with E-state index >= 15 is 0 Å². The number of aromatic nitrogens is 1. The van der Waals surface area contributed by atoms with Gasteiger partial charge in [-0.2, -0.15) is 0 Å². The molecule has 0 aliphatic heterocycles. The normalized spacial score (nSPS) is 10.6. The van der Waals surface area contributed by atoms with Gasteiger partial charge in [-0.1, -0.05) is 15.9 Å². The van der Waals surface area contributed by atoms with Gasteiger partial charge in [-0.3, -0.25) is 4.79 Å². The number of carbonyl (C=O) groups excluding carboxylic acids is 1. The first-order valence-electron chi connectivity index (χ1n) is 3.93. The Hall–Kier alpha value is -0.940. The summed E-state index contributed by atoms with van der Waals surface area (Å²) in [6.45, 7) is 0. The summed E-state index contributed by atoms with van der Waals surface area (Å²) in [5.74, 6) is 0.0224. The Morgan fingerprint density at radius 2 is 2.36 bits per heavy atom. The van der Waals surface area contributed by atoms with Gasteiger partial charge in [-0.15, -0.1) is 0 Å². The van der Waals surface area contributed by atoms with E-state index in [1.165, 1.54) is 0 Å². The van der Waals surface area contributed by atoms with Crippen molar-refractivity contribution in [3.63, 3.8) is 0 Å². The molecule has 1 aromatic carbocycles. The lowest BCUT2D eigenvalue weighted by Crippen LogP contribution is -1.98. The number of benzene rings is 1. The first kappa shape index (κ1) is 9.61. The Morgan fingerprint density at radius 1 is 1.57 bits per heavy atom. The monoisotopic (exact) mass is 271 g/mol. The third-order valence-corrected chi connectivity index (χ3v) is 2.56. The van der Waals surface area contributed by atoms with Crippen molar-refractivity contribution in [2.75, 3.05) is 5.33 Å². The van der Waals surface area contributed by atoms with Crippen molar-refractivity contribution in [3.05, 3.63) is 28.6 Å². The number of aromatic amines is 1. The van der Waals surface area contributed by atoms with E-state index in [1.807, 2.05) is 0 Å². The number of hydrogen-bond donors (Lipinski definition) is 1. The second kappa shape index (κ2) is 3.67. The maximum Gasteiger partial charge on any atom is 0.266 e. The highest BCUT2D eigenvalue weighted by Gasteiger charge is 2.06. The predicted octanol–water partition coefficient (Wildman–Crippen LogP) is 3.07. The summed E-state index contributed by atoms with van der Waals surface area (Å²) in [4.78, 5) is 14.5. The molecule has 0 saturated heterocycles. The SMILES string of the molecule is O=C(CBr)c1ccc2[nH]c(=S)oc2c1. The van der Waals surface area contributed by atoms with Crippen molar-refractivity contribution < 1.29 is 9.21 Å². The molecule has 0 radical (unpaired) electrons. The highest BCUT2D eigenvalue weighted by molar-refractivity contribution is 9.09. The largest absolute Gasteiger partial charge is 0.429 e. The number of alkyl halides is 1. The molecule has 2 aromatic rings. The minimum absolute atomic E-state index is 0.0224. The van der Waals surface area contributed by atoms with Crippen LogP contribution in [0.5, 0.6) is 0 Å². The maximum absolute atomic E-state index is 11.3. The molecule has 0 saturated carbocycles. The van der Waals surface area contributed by atoms with Crippen molar-refractivity contribution in [2.45, 2.75) is 0 Å². The van der Waals surface area contributed by atoms with Crippen LogP contribution in [-0.4, -0.2) is 16.1 Å². The molecule has 72 valence electrons. The molecule has 0 spiro atoms. The zero-order chi connectivity index (χ0) is 10.1. The van der Waals surface area contributed by atoms with Crippen LogP contribution in [0.15, 0.2) is 22.6 Å².